The molecule has 0 fully saturated rings. The van der Waals surface area contributed by atoms with Crippen molar-refractivity contribution < 1.29 is 12.8 Å². The third-order valence-electron chi connectivity index (χ3n) is 3.09. The number of rotatable bonds is 5. The highest BCUT2D eigenvalue weighted by atomic mass is 35.5. The Bertz CT molecular complexity index is 956. The Balaban J connectivity index is 1.83. The van der Waals surface area contributed by atoms with E-state index in [1.54, 1.807) is 36.4 Å². The fourth-order valence-corrected chi connectivity index (χ4v) is 3.45. The first-order valence-corrected chi connectivity index (χ1v) is 9.83. The summed E-state index contributed by atoms with van der Waals surface area (Å²) in [5, 5.41) is 8.06. The van der Waals surface area contributed by atoms with Gasteiger partial charge in [-0.05, 0) is 48.7 Å². The number of hydrogen-bond acceptors (Lipinski definition) is 6. The molecule has 24 heavy (non-hydrogen) atoms. The normalized spacial score (nSPS) is 11.4. The zero-order valence-electron chi connectivity index (χ0n) is 12.4. The summed E-state index contributed by atoms with van der Waals surface area (Å²) in [4.78, 5) is 1.08. The van der Waals surface area contributed by atoms with Gasteiger partial charge in [0, 0.05) is 15.5 Å². The molecule has 3 rings (SSSR count). The topological polar surface area (TPSA) is 85.1 Å². The zero-order chi connectivity index (χ0) is 17.2. The van der Waals surface area contributed by atoms with Crippen molar-refractivity contribution in [2.75, 3.05) is 11.0 Å². The van der Waals surface area contributed by atoms with Crippen molar-refractivity contribution in [3.8, 4) is 11.5 Å². The number of nitrogens with one attached hydrogen (secondary N) is 1. The van der Waals surface area contributed by atoms with Crippen molar-refractivity contribution in [2.24, 2.45) is 0 Å². The Morgan fingerprint density at radius 1 is 1.12 bits per heavy atom. The Morgan fingerprint density at radius 2 is 1.88 bits per heavy atom. The Labute approximate surface area is 148 Å². The van der Waals surface area contributed by atoms with Crippen LogP contribution in [0.25, 0.3) is 11.5 Å². The molecular weight excluding hydrogens is 370 g/mol. The van der Waals surface area contributed by atoms with Gasteiger partial charge in [-0.1, -0.05) is 22.8 Å². The van der Waals surface area contributed by atoms with Crippen LogP contribution in [-0.2, 0) is 10.0 Å². The van der Waals surface area contributed by atoms with E-state index < -0.39 is 10.0 Å². The van der Waals surface area contributed by atoms with Gasteiger partial charge in [-0.2, -0.15) is 0 Å². The SMILES string of the molecule is CSc1ccc(S(=O)(=O)Nc2nnc(-c3cccc(Cl)c3)o2)cc1. The molecule has 1 aromatic heterocycles. The first-order chi connectivity index (χ1) is 11.5. The number of benzene rings is 2. The van der Waals surface area contributed by atoms with Crippen LogP contribution in [0.15, 0.2) is 62.7 Å². The lowest BCUT2D eigenvalue weighted by Crippen LogP contribution is -2.13. The minimum Gasteiger partial charge on any atom is -0.403 e. The standard InChI is InChI=1S/C15H12ClN3O3S2/c1-23-12-5-7-13(8-6-12)24(20,21)19-15-18-17-14(22-15)10-3-2-4-11(16)9-10/h2-9H,1H3,(H,18,19). The first kappa shape index (κ1) is 16.8. The second kappa shape index (κ2) is 6.84. The summed E-state index contributed by atoms with van der Waals surface area (Å²) in [6.07, 6.45) is 1.91. The molecule has 1 N–H and O–H groups in total. The van der Waals surface area contributed by atoms with E-state index in [1.165, 1.54) is 23.9 Å². The minimum absolute atomic E-state index is 0.114. The molecule has 0 unspecified atom stereocenters. The van der Waals surface area contributed by atoms with Crippen LogP contribution in [-0.4, -0.2) is 24.9 Å². The van der Waals surface area contributed by atoms with Crippen molar-refractivity contribution in [3.63, 3.8) is 0 Å². The maximum absolute atomic E-state index is 12.3. The fourth-order valence-electron chi connectivity index (χ4n) is 1.93. The van der Waals surface area contributed by atoms with E-state index in [-0.39, 0.29) is 16.8 Å². The molecule has 0 aliphatic rings. The summed E-state index contributed by atoms with van der Waals surface area (Å²) in [6.45, 7) is 0. The summed E-state index contributed by atoms with van der Waals surface area (Å²) in [5.74, 6) is 0.174. The van der Waals surface area contributed by atoms with Gasteiger partial charge in [0.15, 0.2) is 0 Å². The van der Waals surface area contributed by atoms with E-state index in [1.807, 2.05) is 6.26 Å². The number of halogens is 1. The van der Waals surface area contributed by atoms with E-state index in [2.05, 4.69) is 14.9 Å². The molecule has 2 aromatic carbocycles. The van der Waals surface area contributed by atoms with Crippen molar-refractivity contribution in [1.29, 1.82) is 0 Å². The third kappa shape index (κ3) is 3.72. The molecule has 0 bridgehead atoms. The molecular formula is C15H12ClN3O3S2. The summed E-state index contributed by atoms with van der Waals surface area (Å²) in [7, 11) is -3.80. The van der Waals surface area contributed by atoms with Crippen LogP contribution in [0, 0.1) is 0 Å². The van der Waals surface area contributed by atoms with Crippen molar-refractivity contribution in [1.82, 2.24) is 10.2 Å². The number of aromatic nitrogens is 2. The molecule has 0 amide bonds. The maximum Gasteiger partial charge on any atom is 0.330 e. The molecule has 6 nitrogen and oxygen atoms in total. The average molecular weight is 382 g/mol. The van der Waals surface area contributed by atoms with Crippen LogP contribution in [0.4, 0.5) is 6.01 Å². The van der Waals surface area contributed by atoms with Gasteiger partial charge in [0.1, 0.15) is 0 Å². The number of sulfonamides is 1. The predicted octanol–water partition coefficient (Wildman–Crippen LogP) is 3.91. The molecule has 0 aliphatic heterocycles. The fraction of sp³-hybridized carbons (Fsp3) is 0.0667. The van der Waals surface area contributed by atoms with Crippen molar-refractivity contribution in [3.05, 3.63) is 53.6 Å². The first-order valence-electron chi connectivity index (χ1n) is 6.74. The van der Waals surface area contributed by atoms with E-state index in [4.69, 9.17) is 16.0 Å². The van der Waals surface area contributed by atoms with Gasteiger partial charge in [0.2, 0.25) is 5.89 Å². The second-order valence-electron chi connectivity index (χ2n) is 4.70. The molecule has 1 heterocycles. The van der Waals surface area contributed by atoms with Gasteiger partial charge >= 0.3 is 6.01 Å². The van der Waals surface area contributed by atoms with Crippen LogP contribution >= 0.6 is 23.4 Å². The highest BCUT2D eigenvalue weighted by Crippen LogP contribution is 2.24. The highest BCUT2D eigenvalue weighted by Gasteiger charge is 2.18. The lowest BCUT2D eigenvalue weighted by Gasteiger charge is -2.04. The molecule has 0 aliphatic carbocycles. The average Bonchev–Trinajstić information content (AvgIpc) is 3.03. The van der Waals surface area contributed by atoms with Gasteiger partial charge in [0.25, 0.3) is 10.0 Å². The van der Waals surface area contributed by atoms with Crippen molar-refractivity contribution >= 4 is 39.4 Å². The molecule has 0 radical (unpaired) electrons. The lowest BCUT2D eigenvalue weighted by atomic mass is 10.2. The highest BCUT2D eigenvalue weighted by molar-refractivity contribution is 7.98. The minimum atomic E-state index is -3.80. The summed E-state index contributed by atoms with van der Waals surface area (Å²) in [6, 6.07) is 13.1. The smallest absolute Gasteiger partial charge is 0.330 e. The molecule has 0 saturated heterocycles. The molecule has 3 aromatic rings. The Kier molecular flexibility index (Phi) is 4.79. The van der Waals surface area contributed by atoms with Crippen LogP contribution < -0.4 is 4.72 Å². The van der Waals surface area contributed by atoms with Crippen LogP contribution in [0.5, 0.6) is 0 Å². The second-order valence-corrected chi connectivity index (χ2v) is 7.70. The van der Waals surface area contributed by atoms with E-state index in [0.29, 0.717) is 10.6 Å². The number of thioether (sulfide) groups is 1. The summed E-state index contributed by atoms with van der Waals surface area (Å²) >= 11 is 7.44. The lowest BCUT2D eigenvalue weighted by molar-refractivity contribution is 0.577. The molecule has 124 valence electrons. The zero-order valence-corrected chi connectivity index (χ0v) is 14.8. The van der Waals surface area contributed by atoms with E-state index in [9.17, 15) is 8.42 Å². The van der Waals surface area contributed by atoms with E-state index in [0.717, 1.165) is 4.90 Å². The Morgan fingerprint density at radius 3 is 2.54 bits per heavy atom. The van der Waals surface area contributed by atoms with Crippen LogP contribution in [0.1, 0.15) is 0 Å². The van der Waals surface area contributed by atoms with Gasteiger partial charge in [-0.15, -0.1) is 16.9 Å². The van der Waals surface area contributed by atoms with Gasteiger partial charge < -0.3 is 4.42 Å². The summed E-state index contributed by atoms with van der Waals surface area (Å²) < 4.78 is 32.3. The maximum atomic E-state index is 12.3. The monoisotopic (exact) mass is 381 g/mol. The number of nitrogens with zero attached hydrogens (tertiary/aromatic N) is 2. The molecule has 0 saturated carbocycles. The largest absolute Gasteiger partial charge is 0.403 e. The van der Waals surface area contributed by atoms with Gasteiger partial charge in [-0.3, -0.25) is 0 Å². The summed E-state index contributed by atoms with van der Waals surface area (Å²) in [5.41, 5.74) is 0.602. The van der Waals surface area contributed by atoms with Gasteiger partial charge in [-0.25, -0.2) is 13.1 Å². The van der Waals surface area contributed by atoms with Crippen LogP contribution in [0.2, 0.25) is 5.02 Å². The number of hydrogen-bond donors (Lipinski definition) is 1. The van der Waals surface area contributed by atoms with Crippen LogP contribution in [0.3, 0.4) is 0 Å². The number of anilines is 1. The van der Waals surface area contributed by atoms with Gasteiger partial charge in [0.05, 0.1) is 4.90 Å². The molecule has 0 spiro atoms. The Hall–Kier alpha value is -2.03. The quantitative estimate of drug-likeness (QED) is 0.674. The third-order valence-corrected chi connectivity index (χ3v) is 5.40. The molecule has 0 atom stereocenters. The van der Waals surface area contributed by atoms with Crippen molar-refractivity contribution in [2.45, 2.75) is 9.79 Å². The van der Waals surface area contributed by atoms with E-state index >= 15 is 0 Å². The molecule has 9 heteroatoms. The predicted molar refractivity (Wildman–Crippen MR) is 93.8 cm³/mol.